The minimum atomic E-state index is -0.236. The molecule has 0 saturated heterocycles. The number of hydrogen-bond acceptors (Lipinski definition) is 4. The Morgan fingerprint density at radius 1 is 1.39 bits per heavy atom. The largest absolute Gasteiger partial charge is 0.419 e. The molecule has 1 aromatic carbocycles. The molecule has 0 radical (unpaired) electrons. The van der Waals surface area contributed by atoms with Crippen LogP contribution in [0.4, 0.5) is 4.39 Å². The van der Waals surface area contributed by atoms with Gasteiger partial charge in [-0.3, -0.25) is 0 Å². The van der Waals surface area contributed by atoms with E-state index in [9.17, 15) is 4.39 Å². The number of hydrogen-bond donors (Lipinski definition) is 1. The van der Waals surface area contributed by atoms with Gasteiger partial charge in [0.2, 0.25) is 11.8 Å². The molecular formula is C13H16FN3O. The van der Waals surface area contributed by atoms with E-state index >= 15 is 0 Å². The average molecular weight is 249 g/mol. The van der Waals surface area contributed by atoms with Crippen LogP contribution in [0, 0.1) is 12.7 Å². The number of rotatable bonds is 4. The smallest absolute Gasteiger partial charge is 0.247 e. The lowest BCUT2D eigenvalue weighted by atomic mass is 10.1. The SMILES string of the molecule is CCC(NC)c1nnc(-c2ccc(F)c(C)c2)o1. The van der Waals surface area contributed by atoms with E-state index in [1.807, 2.05) is 14.0 Å². The van der Waals surface area contributed by atoms with E-state index in [0.717, 1.165) is 12.0 Å². The lowest BCUT2D eigenvalue weighted by Crippen LogP contribution is -2.15. The van der Waals surface area contributed by atoms with Crippen LogP contribution < -0.4 is 5.32 Å². The maximum Gasteiger partial charge on any atom is 0.247 e. The second kappa shape index (κ2) is 5.27. The summed E-state index contributed by atoms with van der Waals surface area (Å²) in [4.78, 5) is 0. The second-order valence-corrected chi connectivity index (χ2v) is 4.16. The Labute approximate surface area is 105 Å². The summed E-state index contributed by atoms with van der Waals surface area (Å²) >= 11 is 0. The van der Waals surface area contributed by atoms with Crippen LogP contribution in [0.1, 0.15) is 30.8 Å². The first kappa shape index (κ1) is 12.7. The summed E-state index contributed by atoms with van der Waals surface area (Å²) < 4.78 is 18.8. The molecule has 0 amide bonds. The molecule has 1 atom stereocenters. The fourth-order valence-corrected chi connectivity index (χ4v) is 1.77. The molecule has 0 aliphatic rings. The molecule has 1 aromatic heterocycles. The molecule has 5 heteroatoms. The zero-order chi connectivity index (χ0) is 13.1. The fourth-order valence-electron chi connectivity index (χ4n) is 1.77. The van der Waals surface area contributed by atoms with Crippen molar-refractivity contribution >= 4 is 0 Å². The average Bonchev–Trinajstić information content (AvgIpc) is 2.84. The van der Waals surface area contributed by atoms with Gasteiger partial charge in [0, 0.05) is 5.56 Å². The number of nitrogens with zero attached hydrogens (tertiary/aromatic N) is 2. The highest BCUT2D eigenvalue weighted by atomic mass is 19.1. The molecule has 0 fully saturated rings. The number of halogens is 1. The minimum Gasteiger partial charge on any atom is -0.419 e. The summed E-state index contributed by atoms with van der Waals surface area (Å²) in [6.07, 6.45) is 0.862. The molecule has 96 valence electrons. The van der Waals surface area contributed by atoms with Crippen molar-refractivity contribution in [2.24, 2.45) is 0 Å². The van der Waals surface area contributed by atoms with Crippen molar-refractivity contribution in [3.05, 3.63) is 35.5 Å². The summed E-state index contributed by atoms with van der Waals surface area (Å²) in [6.45, 7) is 3.74. The fraction of sp³-hybridized carbons (Fsp3) is 0.385. The quantitative estimate of drug-likeness (QED) is 0.905. The molecule has 1 N–H and O–H groups in total. The zero-order valence-corrected chi connectivity index (χ0v) is 10.7. The predicted octanol–water partition coefficient (Wildman–Crippen LogP) is 2.85. The van der Waals surface area contributed by atoms with E-state index in [4.69, 9.17) is 4.42 Å². The first-order valence-electron chi connectivity index (χ1n) is 5.93. The number of aryl methyl sites for hydroxylation is 1. The van der Waals surface area contributed by atoms with Crippen molar-refractivity contribution in [1.82, 2.24) is 15.5 Å². The predicted molar refractivity (Wildman–Crippen MR) is 66.5 cm³/mol. The molecule has 0 saturated carbocycles. The molecule has 2 rings (SSSR count). The van der Waals surface area contributed by atoms with Crippen LogP contribution >= 0.6 is 0 Å². The molecule has 18 heavy (non-hydrogen) atoms. The maximum absolute atomic E-state index is 13.2. The van der Waals surface area contributed by atoms with Gasteiger partial charge >= 0.3 is 0 Å². The van der Waals surface area contributed by atoms with Gasteiger partial charge in [-0.25, -0.2) is 4.39 Å². The van der Waals surface area contributed by atoms with Gasteiger partial charge in [-0.1, -0.05) is 6.92 Å². The van der Waals surface area contributed by atoms with Crippen molar-refractivity contribution < 1.29 is 8.81 Å². The normalized spacial score (nSPS) is 12.7. The van der Waals surface area contributed by atoms with E-state index in [0.29, 0.717) is 17.3 Å². The molecule has 2 aromatic rings. The highest BCUT2D eigenvalue weighted by Crippen LogP contribution is 2.23. The number of aromatic nitrogens is 2. The number of nitrogens with one attached hydrogen (secondary N) is 1. The van der Waals surface area contributed by atoms with E-state index in [1.54, 1.807) is 19.1 Å². The Morgan fingerprint density at radius 3 is 2.78 bits per heavy atom. The second-order valence-electron chi connectivity index (χ2n) is 4.16. The first-order chi connectivity index (χ1) is 8.65. The monoisotopic (exact) mass is 249 g/mol. The summed E-state index contributed by atoms with van der Waals surface area (Å²) in [6, 6.07) is 4.80. The molecule has 0 bridgehead atoms. The topological polar surface area (TPSA) is 51.0 Å². The minimum absolute atomic E-state index is 0.0489. The molecule has 1 unspecified atom stereocenters. The Morgan fingerprint density at radius 2 is 2.17 bits per heavy atom. The molecule has 0 spiro atoms. The van der Waals surface area contributed by atoms with Crippen LogP contribution in [0.3, 0.4) is 0 Å². The first-order valence-corrected chi connectivity index (χ1v) is 5.93. The van der Waals surface area contributed by atoms with Gasteiger partial charge in [-0.2, -0.15) is 0 Å². The van der Waals surface area contributed by atoms with Gasteiger partial charge in [0.1, 0.15) is 5.82 Å². The standard InChI is InChI=1S/C13H16FN3O/c1-4-11(15-3)13-17-16-12(18-13)9-5-6-10(14)8(2)7-9/h5-7,11,15H,4H2,1-3H3. The van der Waals surface area contributed by atoms with Crippen LogP contribution in [0.5, 0.6) is 0 Å². The van der Waals surface area contributed by atoms with Gasteiger partial charge in [-0.15, -0.1) is 10.2 Å². The van der Waals surface area contributed by atoms with Crippen LogP contribution in [0.25, 0.3) is 11.5 Å². The lowest BCUT2D eigenvalue weighted by Gasteiger charge is -2.07. The van der Waals surface area contributed by atoms with E-state index in [1.165, 1.54) is 6.07 Å². The summed E-state index contributed by atoms with van der Waals surface area (Å²) in [5.41, 5.74) is 1.30. The molecule has 0 aliphatic heterocycles. The van der Waals surface area contributed by atoms with Crippen molar-refractivity contribution in [1.29, 1.82) is 0 Å². The van der Waals surface area contributed by atoms with Crippen LogP contribution in [0.2, 0.25) is 0 Å². The van der Waals surface area contributed by atoms with E-state index in [2.05, 4.69) is 15.5 Å². The van der Waals surface area contributed by atoms with E-state index < -0.39 is 0 Å². The van der Waals surface area contributed by atoms with Crippen molar-refractivity contribution in [2.75, 3.05) is 7.05 Å². The molecule has 1 heterocycles. The Kier molecular flexibility index (Phi) is 3.72. The van der Waals surface area contributed by atoms with Crippen molar-refractivity contribution in [3.8, 4) is 11.5 Å². The maximum atomic E-state index is 13.2. The third kappa shape index (κ3) is 2.41. The molecule has 4 nitrogen and oxygen atoms in total. The number of benzene rings is 1. The Hall–Kier alpha value is -1.75. The van der Waals surface area contributed by atoms with Gasteiger partial charge in [0.25, 0.3) is 0 Å². The Bertz CT molecular complexity index is 535. The van der Waals surface area contributed by atoms with Gasteiger partial charge in [0.05, 0.1) is 6.04 Å². The van der Waals surface area contributed by atoms with Gasteiger partial charge in [0.15, 0.2) is 0 Å². The van der Waals surface area contributed by atoms with Crippen LogP contribution in [-0.4, -0.2) is 17.2 Å². The van der Waals surface area contributed by atoms with Crippen LogP contribution in [0.15, 0.2) is 22.6 Å². The van der Waals surface area contributed by atoms with E-state index in [-0.39, 0.29) is 11.9 Å². The van der Waals surface area contributed by atoms with Crippen molar-refractivity contribution in [2.45, 2.75) is 26.3 Å². The van der Waals surface area contributed by atoms with Gasteiger partial charge in [-0.05, 0) is 44.2 Å². The van der Waals surface area contributed by atoms with Crippen molar-refractivity contribution in [3.63, 3.8) is 0 Å². The lowest BCUT2D eigenvalue weighted by molar-refractivity contribution is 0.415. The third-order valence-electron chi connectivity index (χ3n) is 2.90. The Balaban J connectivity index is 2.31. The molecular weight excluding hydrogens is 233 g/mol. The molecule has 0 aliphatic carbocycles. The summed E-state index contributed by atoms with van der Waals surface area (Å²) in [5.74, 6) is 0.735. The summed E-state index contributed by atoms with van der Waals surface area (Å²) in [7, 11) is 1.85. The summed E-state index contributed by atoms with van der Waals surface area (Å²) in [5, 5.41) is 11.1. The van der Waals surface area contributed by atoms with Crippen LogP contribution in [-0.2, 0) is 0 Å². The van der Waals surface area contributed by atoms with Gasteiger partial charge < -0.3 is 9.73 Å². The highest BCUT2D eigenvalue weighted by molar-refractivity contribution is 5.53. The zero-order valence-electron chi connectivity index (χ0n) is 10.7. The third-order valence-corrected chi connectivity index (χ3v) is 2.90. The highest BCUT2D eigenvalue weighted by Gasteiger charge is 2.16.